The number of ether oxygens (including phenoxy) is 1. The van der Waals surface area contributed by atoms with Crippen LogP contribution in [0.1, 0.15) is 48.7 Å². The van der Waals surface area contributed by atoms with Crippen LogP contribution in [0.25, 0.3) is 0 Å². The highest BCUT2D eigenvalue weighted by atomic mass is 32.1. The van der Waals surface area contributed by atoms with E-state index in [-0.39, 0.29) is 4.64 Å². The van der Waals surface area contributed by atoms with Gasteiger partial charge in [-0.25, -0.2) is 0 Å². The van der Waals surface area contributed by atoms with Crippen LogP contribution >= 0.6 is 12.2 Å². The molecule has 1 aliphatic heterocycles. The van der Waals surface area contributed by atoms with Gasteiger partial charge in [-0.1, -0.05) is 25.1 Å². The Morgan fingerprint density at radius 3 is 2.46 bits per heavy atom. The second-order valence-electron chi connectivity index (χ2n) is 6.95. The van der Waals surface area contributed by atoms with E-state index in [4.69, 9.17) is 17.0 Å². The van der Waals surface area contributed by atoms with Crippen molar-refractivity contribution in [3.63, 3.8) is 0 Å². The Labute approximate surface area is 157 Å². The highest BCUT2D eigenvalue weighted by Gasteiger charge is 2.45. The van der Waals surface area contributed by atoms with Crippen molar-refractivity contribution in [3.8, 4) is 6.07 Å². The lowest BCUT2D eigenvalue weighted by Crippen LogP contribution is -2.56. The summed E-state index contributed by atoms with van der Waals surface area (Å²) >= 11 is 5.47. The number of aromatic nitrogens is 1. The largest absolute Gasteiger partial charge is 0.394 e. The number of pyridine rings is 1. The zero-order valence-electron chi connectivity index (χ0n) is 14.4. The Morgan fingerprint density at radius 1 is 1.12 bits per heavy atom. The third-order valence-corrected chi connectivity index (χ3v) is 5.70. The van der Waals surface area contributed by atoms with E-state index in [1.165, 1.54) is 0 Å². The molecular formula is C18H24N2O5S. The number of hydrogen-bond donors (Lipinski definition) is 4. The molecule has 0 spiro atoms. The average molecular weight is 380 g/mol. The molecule has 0 radical (unpaired) electrons. The van der Waals surface area contributed by atoms with Crippen LogP contribution in [0.3, 0.4) is 0 Å². The maximum Gasteiger partial charge on any atom is 0.164 e. The zero-order valence-corrected chi connectivity index (χ0v) is 15.2. The quantitative estimate of drug-likeness (QED) is 0.558. The zero-order chi connectivity index (χ0) is 18.8. The van der Waals surface area contributed by atoms with E-state index in [0.29, 0.717) is 5.56 Å². The van der Waals surface area contributed by atoms with Crippen molar-refractivity contribution < 1.29 is 25.2 Å². The van der Waals surface area contributed by atoms with Crippen molar-refractivity contribution in [2.75, 3.05) is 6.61 Å². The standard InChI is InChI=1S/C18H24N2O5S/c19-8-11-7-10-5-3-1-2-4-6-12(10)20(18(11)26)17-16(24)15(23)14(22)13(9-21)25-17/h7,13-17,21-24H,1-6,9H2/t13-,14-,15+,16-,17-/m1/s1. The molecule has 1 saturated heterocycles. The topological polar surface area (TPSA) is 119 Å². The first-order chi connectivity index (χ1) is 12.5. The summed E-state index contributed by atoms with van der Waals surface area (Å²) in [4.78, 5) is 0. The molecule has 0 unspecified atom stereocenters. The molecule has 1 fully saturated rings. The monoisotopic (exact) mass is 380 g/mol. The molecule has 1 aliphatic carbocycles. The lowest BCUT2D eigenvalue weighted by atomic mass is 9.94. The number of aryl methyl sites for hydroxylation is 1. The predicted octanol–water partition coefficient (Wildman–Crippen LogP) is 0.721. The minimum Gasteiger partial charge on any atom is -0.394 e. The van der Waals surface area contributed by atoms with Gasteiger partial charge in [-0.2, -0.15) is 5.26 Å². The molecule has 7 nitrogen and oxygen atoms in total. The van der Waals surface area contributed by atoms with Crippen LogP contribution in [-0.4, -0.2) is 56.0 Å². The summed E-state index contributed by atoms with van der Waals surface area (Å²) in [5.41, 5.74) is 2.20. The normalized spacial score (nSPS) is 32.2. The average Bonchev–Trinajstić information content (AvgIpc) is 2.62. The molecule has 5 atom stereocenters. The number of hydrogen-bond acceptors (Lipinski definition) is 7. The number of fused-ring (bicyclic) bond motifs is 1. The van der Waals surface area contributed by atoms with Gasteiger partial charge in [0, 0.05) is 5.69 Å². The Bertz CT molecular complexity index is 757. The Kier molecular flexibility index (Phi) is 6.07. The van der Waals surface area contributed by atoms with E-state index in [1.807, 2.05) is 6.07 Å². The van der Waals surface area contributed by atoms with Gasteiger partial charge in [-0.15, -0.1) is 0 Å². The van der Waals surface area contributed by atoms with Crippen LogP contribution in [0, 0.1) is 16.0 Å². The van der Waals surface area contributed by atoms with Gasteiger partial charge >= 0.3 is 0 Å². The minimum atomic E-state index is -1.48. The molecule has 1 aromatic rings. The lowest BCUT2D eigenvalue weighted by molar-refractivity contribution is -0.252. The summed E-state index contributed by atoms with van der Waals surface area (Å²) in [6.45, 7) is -0.505. The van der Waals surface area contributed by atoms with E-state index in [1.54, 1.807) is 4.57 Å². The predicted molar refractivity (Wildman–Crippen MR) is 94.9 cm³/mol. The van der Waals surface area contributed by atoms with Crippen molar-refractivity contribution in [1.29, 1.82) is 5.26 Å². The van der Waals surface area contributed by atoms with Gasteiger partial charge in [0.15, 0.2) is 6.23 Å². The van der Waals surface area contributed by atoms with Gasteiger partial charge in [-0.3, -0.25) is 0 Å². The Morgan fingerprint density at radius 2 is 1.81 bits per heavy atom. The Balaban J connectivity index is 2.15. The summed E-state index contributed by atoms with van der Waals surface area (Å²) < 4.78 is 7.55. The van der Waals surface area contributed by atoms with Crippen LogP contribution in [0.2, 0.25) is 0 Å². The molecule has 0 aromatic carbocycles. The number of nitrogens with zero attached hydrogens (tertiary/aromatic N) is 2. The number of nitriles is 1. The van der Waals surface area contributed by atoms with Crippen molar-refractivity contribution >= 4 is 12.2 Å². The third kappa shape index (κ3) is 3.43. The molecule has 3 rings (SSSR count). The van der Waals surface area contributed by atoms with E-state index < -0.39 is 37.3 Å². The Hall–Kier alpha value is -1.34. The van der Waals surface area contributed by atoms with Crippen LogP contribution in [0.4, 0.5) is 0 Å². The van der Waals surface area contributed by atoms with Crippen molar-refractivity contribution in [3.05, 3.63) is 27.5 Å². The smallest absolute Gasteiger partial charge is 0.164 e. The number of aliphatic hydroxyl groups is 4. The highest BCUT2D eigenvalue weighted by Crippen LogP contribution is 2.33. The first-order valence-electron chi connectivity index (χ1n) is 8.97. The van der Waals surface area contributed by atoms with Crippen LogP contribution in [-0.2, 0) is 17.6 Å². The van der Waals surface area contributed by atoms with E-state index in [9.17, 15) is 25.7 Å². The van der Waals surface area contributed by atoms with Gasteiger partial charge in [0.25, 0.3) is 0 Å². The van der Waals surface area contributed by atoms with E-state index >= 15 is 0 Å². The van der Waals surface area contributed by atoms with Crippen LogP contribution < -0.4 is 0 Å². The van der Waals surface area contributed by atoms with Gasteiger partial charge in [0.05, 0.1) is 12.2 Å². The van der Waals surface area contributed by atoms with Gasteiger partial charge in [0.2, 0.25) is 0 Å². The SMILES string of the molecule is N#Cc1cc2c(n([C@@H]3O[C@H](CO)[C@@H](O)[C@H](O)[C@H]3O)c1=S)CCCCCC2. The summed E-state index contributed by atoms with van der Waals surface area (Å²) in [5, 5.41) is 49.6. The molecule has 0 saturated carbocycles. The summed E-state index contributed by atoms with van der Waals surface area (Å²) in [5.74, 6) is 0. The molecule has 0 bridgehead atoms. The van der Waals surface area contributed by atoms with Gasteiger partial charge in [-0.05, 0) is 37.3 Å². The third-order valence-electron chi connectivity index (χ3n) is 5.28. The molecule has 8 heteroatoms. The molecule has 4 N–H and O–H groups in total. The van der Waals surface area contributed by atoms with Crippen LogP contribution in [0.15, 0.2) is 6.07 Å². The maximum absolute atomic E-state index is 10.5. The van der Waals surface area contributed by atoms with Crippen LogP contribution in [0.5, 0.6) is 0 Å². The highest BCUT2D eigenvalue weighted by molar-refractivity contribution is 7.71. The molecule has 1 aromatic heterocycles. The summed E-state index contributed by atoms with van der Waals surface area (Å²) in [6.07, 6.45) is -0.745. The number of aliphatic hydroxyl groups excluding tert-OH is 4. The van der Waals surface area contributed by atoms with Crippen molar-refractivity contribution in [2.45, 2.75) is 69.2 Å². The fourth-order valence-electron chi connectivity index (χ4n) is 3.83. The lowest BCUT2D eigenvalue weighted by Gasteiger charge is -2.42. The molecule has 0 amide bonds. The second-order valence-corrected chi connectivity index (χ2v) is 7.34. The minimum absolute atomic E-state index is 0.233. The molecule has 26 heavy (non-hydrogen) atoms. The van der Waals surface area contributed by atoms with Gasteiger partial charge < -0.3 is 29.7 Å². The fourth-order valence-corrected chi connectivity index (χ4v) is 4.15. The van der Waals surface area contributed by atoms with E-state index in [2.05, 4.69) is 6.07 Å². The molecule has 2 heterocycles. The molecule has 2 aliphatic rings. The van der Waals surface area contributed by atoms with Crippen molar-refractivity contribution in [1.82, 2.24) is 4.57 Å². The second kappa shape index (κ2) is 8.13. The van der Waals surface area contributed by atoms with E-state index in [0.717, 1.165) is 49.8 Å². The molecular weight excluding hydrogens is 356 g/mol. The first kappa shape index (κ1) is 19.4. The van der Waals surface area contributed by atoms with Gasteiger partial charge in [0.1, 0.15) is 35.1 Å². The number of rotatable bonds is 2. The first-order valence-corrected chi connectivity index (χ1v) is 9.38. The fraction of sp³-hybridized carbons (Fsp3) is 0.667. The maximum atomic E-state index is 10.5. The summed E-state index contributed by atoms with van der Waals surface area (Å²) in [6, 6.07) is 3.91. The molecule has 142 valence electrons. The van der Waals surface area contributed by atoms with Crippen molar-refractivity contribution in [2.24, 2.45) is 0 Å². The summed E-state index contributed by atoms with van der Waals surface area (Å²) in [7, 11) is 0.